The zero-order valence-corrected chi connectivity index (χ0v) is 17.2. The normalized spacial score (nSPS) is 15.8. The van der Waals surface area contributed by atoms with Gasteiger partial charge in [-0.25, -0.2) is 18.4 Å². The number of carbonyl (C=O) groups excluding carboxylic acids is 1. The second-order valence-electron chi connectivity index (χ2n) is 6.92. The molecular weight excluding hydrogens is 390 g/mol. The molecular formula is C21H25N3O4S. The van der Waals surface area contributed by atoms with E-state index >= 15 is 0 Å². The van der Waals surface area contributed by atoms with E-state index in [1.165, 1.54) is 6.33 Å². The molecule has 0 unspecified atom stereocenters. The third-order valence-electron chi connectivity index (χ3n) is 4.73. The summed E-state index contributed by atoms with van der Waals surface area (Å²) in [5.41, 5.74) is 1.16. The first-order valence-electron chi connectivity index (χ1n) is 9.69. The summed E-state index contributed by atoms with van der Waals surface area (Å²) in [5.74, 6) is 0.438. The SMILES string of the molecule is CCCS(=O)(=O)c1ccc(C(=CC2CCOCC2)C(=O)Nc2ccncn2)cc1. The zero-order chi connectivity index (χ0) is 20.7. The second-order valence-corrected chi connectivity index (χ2v) is 9.03. The zero-order valence-electron chi connectivity index (χ0n) is 16.4. The average Bonchev–Trinajstić information content (AvgIpc) is 2.73. The first-order valence-corrected chi connectivity index (χ1v) is 11.3. The summed E-state index contributed by atoms with van der Waals surface area (Å²) >= 11 is 0. The molecule has 1 aromatic carbocycles. The van der Waals surface area contributed by atoms with Gasteiger partial charge in [-0.3, -0.25) is 4.79 Å². The summed E-state index contributed by atoms with van der Waals surface area (Å²) in [6.07, 6.45) is 7.11. The van der Waals surface area contributed by atoms with Crippen LogP contribution < -0.4 is 5.32 Å². The number of nitrogens with one attached hydrogen (secondary N) is 1. The van der Waals surface area contributed by atoms with Crippen LogP contribution >= 0.6 is 0 Å². The number of allylic oxidation sites excluding steroid dienone is 1. The van der Waals surface area contributed by atoms with Gasteiger partial charge in [0.1, 0.15) is 12.1 Å². The van der Waals surface area contributed by atoms with Gasteiger partial charge in [0.25, 0.3) is 5.91 Å². The van der Waals surface area contributed by atoms with Crippen molar-refractivity contribution in [1.82, 2.24) is 9.97 Å². The molecule has 2 heterocycles. The van der Waals surface area contributed by atoms with E-state index in [1.807, 2.05) is 13.0 Å². The molecule has 0 radical (unpaired) electrons. The fourth-order valence-electron chi connectivity index (χ4n) is 3.20. The van der Waals surface area contributed by atoms with Crippen LogP contribution in [0.25, 0.3) is 5.57 Å². The van der Waals surface area contributed by atoms with E-state index in [0.29, 0.717) is 36.6 Å². The molecule has 1 aliphatic rings. The predicted molar refractivity (Wildman–Crippen MR) is 111 cm³/mol. The molecule has 29 heavy (non-hydrogen) atoms. The van der Waals surface area contributed by atoms with Crippen molar-refractivity contribution in [3.8, 4) is 0 Å². The number of rotatable bonds is 7. The number of carbonyl (C=O) groups is 1. The van der Waals surface area contributed by atoms with Crippen LogP contribution in [0, 0.1) is 5.92 Å². The Morgan fingerprint density at radius 2 is 1.93 bits per heavy atom. The van der Waals surface area contributed by atoms with Crippen LogP contribution in [-0.2, 0) is 19.4 Å². The minimum absolute atomic E-state index is 0.102. The van der Waals surface area contributed by atoms with E-state index in [0.717, 1.165) is 12.8 Å². The molecule has 2 aromatic rings. The Hall–Kier alpha value is -2.58. The average molecular weight is 416 g/mol. The number of nitrogens with zero attached hydrogens (tertiary/aromatic N) is 2. The molecule has 8 heteroatoms. The van der Waals surface area contributed by atoms with Crippen LogP contribution in [0.1, 0.15) is 31.7 Å². The summed E-state index contributed by atoms with van der Waals surface area (Å²) < 4.78 is 30.0. The van der Waals surface area contributed by atoms with E-state index in [2.05, 4.69) is 15.3 Å². The highest BCUT2D eigenvalue weighted by molar-refractivity contribution is 7.91. The third-order valence-corrected chi connectivity index (χ3v) is 6.67. The summed E-state index contributed by atoms with van der Waals surface area (Å²) in [4.78, 5) is 21.1. The van der Waals surface area contributed by atoms with Gasteiger partial charge in [-0.15, -0.1) is 0 Å². The predicted octanol–water partition coefficient (Wildman–Crippen LogP) is 3.11. The van der Waals surface area contributed by atoms with Crippen LogP contribution in [0.5, 0.6) is 0 Å². The van der Waals surface area contributed by atoms with Gasteiger partial charge < -0.3 is 10.1 Å². The summed E-state index contributed by atoms with van der Waals surface area (Å²) in [5, 5.41) is 2.79. The Labute approximate surface area is 171 Å². The van der Waals surface area contributed by atoms with Gasteiger partial charge in [0.05, 0.1) is 10.6 Å². The lowest BCUT2D eigenvalue weighted by Gasteiger charge is -2.20. The molecule has 0 saturated carbocycles. The standard InChI is InChI=1S/C21H25N3O4S/c1-2-13-29(26,27)18-5-3-17(4-6-18)19(14-16-8-11-28-12-9-16)21(25)24-20-7-10-22-15-23-20/h3-7,10,14-16H,2,8-9,11-13H2,1H3,(H,22,23,24,25). The van der Waals surface area contributed by atoms with Crippen molar-refractivity contribution in [2.24, 2.45) is 5.92 Å². The number of benzene rings is 1. The second kappa shape index (κ2) is 9.76. The Bertz CT molecular complexity index is 951. The Morgan fingerprint density at radius 1 is 1.21 bits per heavy atom. The first kappa shape index (κ1) is 21.1. The van der Waals surface area contributed by atoms with Crippen molar-refractivity contribution >= 4 is 27.1 Å². The van der Waals surface area contributed by atoms with Crippen molar-refractivity contribution < 1.29 is 17.9 Å². The van der Waals surface area contributed by atoms with Crippen molar-refractivity contribution in [1.29, 1.82) is 0 Å². The Morgan fingerprint density at radius 3 is 2.55 bits per heavy atom. The van der Waals surface area contributed by atoms with Crippen LogP contribution in [-0.4, -0.2) is 43.3 Å². The lowest BCUT2D eigenvalue weighted by molar-refractivity contribution is -0.111. The van der Waals surface area contributed by atoms with Crippen LogP contribution in [0.4, 0.5) is 5.82 Å². The van der Waals surface area contributed by atoms with Crippen LogP contribution in [0.15, 0.2) is 53.8 Å². The maximum absolute atomic E-state index is 13.0. The van der Waals surface area contributed by atoms with E-state index in [-0.39, 0.29) is 22.5 Å². The number of hydrogen-bond donors (Lipinski definition) is 1. The fraction of sp³-hybridized carbons (Fsp3) is 0.381. The van der Waals surface area contributed by atoms with Gasteiger partial charge >= 0.3 is 0 Å². The van der Waals surface area contributed by atoms with Crippen molar-refractivity contribution in [3.05, 3.63) is 54.5 Å². The molecule has 1 aromatic heterocycles. The van der Waals surface area contributed by atoms with Crippen molar-refractivity contribution in [2.45, 2.75) is 31.1 Å². The molecule has 154 valence electrons. The summed E-state index contributed by atoms with van der Waals surface area (Å²) in [6, 6.07) is 8.12. The molecule has 1 saturated heterocycles. The van der Waals surface area contributed by atoms with E-state index in [4.69, 9.17) is 4.74 Å². The molecule has 0 aliphatic carbocycles. The highest BCUT2D eigenvalue weighted by Gasteiger charge is 2.19. The number of hydrogen-bond acceptors (Lipinski definition) is 6. The monoisotopic (exact) mass is 415 g/mol. The Balaban J connectivity index is 1.90. The molecule has 1 fully saturated rings. The molecule has 3 rings (SSSR count). The summed E-state index contributed by atoms with van der Waals surface area (Å²) in [6.45, 7) is 3.16. The van der Waals surface area contributed by atoms with E-state index < -0.39 is 9.84 Å². The number of ether oxygens (including phenoxy) is 1. The number of sulfone groups is 1. The largest absolute Gasteiger partial charge is 0.381 e. The lowest BCUT2D eigenvalue weighted by Crippen LogP contribution is -2.18. The Kier molecular flexibility index (Phi) is 7.11. The lowest BCUT2D eigenvalue weighted by atomic mass is 9.94. The molecule has 0 bridgehead atoms. The van der Waals surface area contributed by atoms with Crippen molar-refractivity contribution in [3.63, 3.8) is 0 Å². The molecule has 1 N–H and O–H groups in total. The topological polar surface area (TPSA) is 98.2 Å². The quantitative estimate of drug-likeness (QED) is 0.698. The smallest absolute Gasteiger partial charge is 0.257 e. The molecule has 1 aliphatic heterocycles. The molecule has 7 nitrogen and oxygen atoms in total. The highest BCUT2D eigenvalue weighted by atomic mass is 32.2. The first-order chi connectivity index (χ1) is 14.0. The fourth-order valence-corrected chi connectivity index (χ4v) is 4.52. The van der Waals surface area contributed by atoms with Gasteiger partial charge in [0, 0.05) is 25.0 Å². The summed E-state index contributed by atoms with van der Waals surface area (Å²) in [7, 11) is -3.30. The maximum Gasteiger partial charge on any atom is 0.257 e. The van der Waals surface area contributed by atoms with Gasteiger partial charge in [-0.05, 0) is 48.9 Å². The number of aromatic nitrogens is 2. The van der Waals surface area contributed by atoms with Crippen LogP contribution in [0.2, 0.25) is 0 Å². The van der Waals surface area contributed by atoms with E-state index in [1.54, 1.807) is 36.5 Å². The van der Waals surface area contributed by atoms with E-state index in [9.17, 15) is 13.2 Å². The van der Waals surface area contributed by atoms with Gasteiger partial charge in [0.2, 0.25) is 0 Å². The minimum Gasteiger partial charge on any atom is -0.381 e. The van der Waals surface area contributed by atoms with Gasteiger partial charge in [-0.2, -0.15) is 0 Å². The van der Waals surface area contributed by atoms with Gasteiger partial charge in [0.15, 0.2) is 9.84 Å². The minimum atomic E-state index is -3.30. The maximum atomic E-state index is 13.0. The molecule has 1 amide bonds. The van der Waals surface area contributed by atoms with Gasteiger partial charge in [-0.1, -0.05) is 25.1 Å². The highest BCUT2D eigenvalue weighted by Crippen LogP contribution is 2.25. The number of anilines is 1. The molecule has 0 atom stereocenters. The number of amides is 1. The van der Waals surface area contributed by atoms with Crippen molar-refractivity contribution in [2.75, 3.05) is 24.3 Å². The van der Waals surface area contributed by atoms with Crippen LogP contribution in [0.3, 0.4) is 0 Å². The molecule has 0 spiro atoms. The third kappa shape index (κ3) is 5.71.